The van der Waals surface area contributed by atoms with Crippen molar-refractivity contribution < 1.29 is 9.53 Å². The van der Waals surface area contributed by atoms with Crippen molar-refractivity contribution in [3.05, 3.63) is 29.3 Å². The third-order valence-electron chi connectivity index (χ3n) is 3.69. The van der Waals surface area contributed by atoms with Gasteiger partial charge in [0.25, 0.3) is 0 Å². The van der Waals surface area contributed by atoms with Gasteiger partial charge in [0.05, 0.1) is 6.54 Å². The highest BCUT2D eigenvalue weighted by molar-refractivity contribution is 6.30. The first-order valence-corrected chi connectivity index (χ1v) is 7.33. The number of benzene rings is 1. The maximum atomic E-state index is 12.2. The minimum absolute atomic E-state index is 0. The molecule has 1 aromatic rings. The Balaban J connectivity index is 0.00000220. The fourth-order valence-corrected chi connectivity index (χ4v) is 2.70. The van der Waals surface area contributed by atoms with Crippen LogP contribution in [0.1, 0.15) is 19.3 Å². The van der Waals surface area contributed by atoms with Crippen LogP contribution in [0, 0.1) is 5.92 Å². The summed E-state index contributed by atoms with van der Waals surface area (Å²) in [5.41, 5.74) is 5.85. The normalized spacial score (nSPS) is 20.7. The summed E-state index contributed by atoms with van der Waals surface area (Å²) < 4.78 is 5.59. The van der Waals surface area contributed by atoms with Crippen LogP contribution < -0.4 is 10.5 Å². The SMILES string of the molecule is CN(CCOc1cccc(Cl)c1)C(=O)C1CCC(N)C1.Cl. The second-order valence-corrected chi connectivity index (χ2v) is 5.77. The average Bonchev–Trinajstić information content (AvgIpc) is 2.84. The lowest BCUT2D eigenvalue weighted by atomic mass is 10.1. The van der Waals surface area contributed by atoms with Crippen molar-refractivity contribution in [3.63, 3.8) is 0 Å². The van der Waals surface area contributed by atoms with E-state index < -0.39 is 0 Å². The molecule has 1 fully saturated rings. The van der Waals surface area contributed by atoms with E-state index in [2.05, 4.69) is 0 Å². The molecule has 2 unspecified atom stereocenters. The molecule has 0 bridgehead atoms. The molecule has 118 valence electrons. The number of hydrogen-bond donors (Lipinski definition) is 1. The van der Waals surface area contributed by atoms with Crippen molar-refractivity contribution in [2.24, 2.45) is 11.7 Å². The van der Waals surface area contributed by atoms with Gasteiger partial charge >= 0.3 is 0 Å². The van der Waals surface area contributed by atoms with Crippen LogP contribution in [-0.2, 0) is 4.79 Å². The molecule has 0 spiro atoms. The van der Waals surface area contributed by atoms with Crippen LogP contribution >= 0.6 is 24.0 Å². The average molecular weight is 333 g/mol. The van der Waals surface area contributed by atoms with Gasteiger partial charge in [-0.1, -0.05) is 17.7 Å². The largest absolute Gasteiger partial charge is 0.492 e. The maximum absolute atomic E-state index is 12.2. The molecule has 0 radical (unpaired) electrons. The summed E-state index contributed by atoms with van der Waals surface area (Å²) in [6, 6.07) is 7.43. The Morgan fingerprint density at radius 3 is 2.86 bits per heavy atom. The minimum atomic E-state index is 0. The lowest BCUT2D eigenvalue weighted by Crippen LogP contribution is -2.35. The molecule has 2 rings (SSSR count). The molecule has 1 aliphatic carbocycles. The molecular formula is C15H22Cl2N2O2. The van der Waals surface area contributed by atoms with Crippen LogP contribution in [0.4, 0.5) is 0 Å². The van der Waals surface area contributed by atoms with Crippen molar-refractivity contribution in [1.29, 1.82) is 0 Å². The van der Waals surface area contributed by atoms with Crippen LogP contribution in [0.25, 0.3) is 0 Å². The number of nitrogens with zero attached hydrogens (tertiary/aromatic N) is 1. The lowest BCUT2D eigenvalue weighted by Gasteiger charge is -2.21. The number of likely N-dealkylation sites (N-methyl/N-ethyl adjacent to an activating group) is 1. The molecule has 1 saturated carbocycles. The fourth-order valence-electron chi connectivity index (χ4n) is 2.52. The quantitative estimate of drug-likeness (QED) is 0.901. The standard InChI is InChI=1S/C15H21ClN2O2.ClH/c1-18(15(19)11-5-6-13(17)9-11)7-8-20-14-4-2-3-12(16)10-14;/h2-4,10-11,13H,5-9,17H2,1H3;1H. The third-order valence-corrected chi connectivity index (χ3v) is 3.93. The van der Waals surface area contributed by atoms with Crippen LogP contribution in [0.5, 0.6) is 5.75 Å². The molecule has 4 nitrogen and oxygen atoms in total. The lowest BCUT2D eigenvalue weighted by molar-refractivity contribution is -0.134. The van der Waals surface area contributed by atoms with Gasteiger partial charge in [-0.15, -0.1) is 12.4 Å². The van der Waals surface area contributed by atoms with Gasteiger partial charge in [-0.05, 0) is 37.5 Å². The number of nitrogens with two attached hydrogens (primary N) is 1. The zero-order valence-corrected chi connectivity index (χ0v) is 13.7. The number of ether oxygens (including phenoxy) is 1. The summed E-state index contributed by atoms with van der Waals surface area (Å²) >= 11 is 5.88. The minimum Gasteiger partial charge on any atom is -0.492 e. The van der Waals surface area contributed by atoms with Gasteiger partial charge in [-0.3, -0.25) is 4.79 Å². The Morgan fingerprint density at radius 1 is 1.48 bits per heavy atom. The number of rotatable bonds is 5. The monoisotopic (exact) mass is 332 g/mol. The number of carbonyl (C=O) groups is 1. The van der Waals surface area contributed by atoms with E-state index in [9.17, 15) is 4.79 Å². The fraction of sp³-hybridized carbons (Fsp3) is 0.533. The summed E-state index contributed by atoms with van der Waals surface area (Å²) in [7, 11) is 1.81. The molecule has 0 heterocycles. The van der Waals surface area contributed by atoms with Crippen LogP contribution in [0.2, 0.25) is 5.02 Å². The number of halogens is 2. The van der Waals surface area contributed by atoms with Gasteiger partial charge in [0.15, 0.2) is 0 Å². The Hall–Kier alpha value is -0.970. The summed E-state index contributed by atoms with van der Waals surface area (Å²) in [5, 5.41) is 0.645. The molecule has 0 saturated heterocycles. The molecule has 0 aromatic heterocycles. The van der Waals surface area contributed by atoms with E-state index in [-0.39, 0.29) is 30.3 Å². The van der Waals surface area contributed by atoms with E-state index in [4.69, 9.17) is 22.1 Å². The summed E-state index contributed by atoms with van der Waals surface area (Å²) in [6.07, 6.45) is 2.65. The van der Waals surface area contributed by atoms with Crippen molar-refractivity contribution in [2.45, 2.75) is 25.3 Å². The van der Waals surface area contributed by atoms with E-state index >= 15 is 0 Å². The summed E-state index contributed by atoms with van der Waals surface area (Å²) in [5.74, 6) is 0.982. The summed E-state index contributed by atoms with van der Waals surface area (Å²) in [6.45, 7) is 1.03. The third kappa shape index (κ3) is 5.38. The molecule has 21 heavy (non-hydrogen) atoms. The number of carbonyl (C=O) groups excluding carboxylic acids is 1. The second-order valence-electron chi connectivity index (χ2n) is 5.34. The van der Waals surface area contributed by atoms with Gasteiger partial charge in [0.2, 0.25) is 5.91 Å². The molecule has 1 amide bonds. The van der Waals surface area contributed by atoms with E-state index in [1.54, 1.807) is 17.0 Å². The highest BCUT2D eigenvalue weighted by atomic mass is 35.5. The predicted octanol–water partition coefficient (Wildman–Crippen LogP) is 2.73. The van der Waals surface area contributed by atoms with Gasteiger partial charge in [0.1, 0.15) is 12.4 Å². The topological polar surface area (TPSA) is 55.6 Å². The molecule has 2 N–H and O–H groups in total. The second kappa shape index (κ2) is 8.47. The van der Waals surface area contributed by atoms with Crippen molar-refractivity contribution in [3.8, 4) is 5.75 Å². The van der Waals surface area contributed by atoms with Gasteiger partial charge in [0, 0.05) is 24.0 Å². The highest BCUT2D eigenvalue weighted by Gasteiger charge is 2.29. The first kappa shape index (κ1) is 18.1. The zero-order chi connectivity index (χ0) is 14.5. The van der Waals surface area contributed by atoms with Crippen molar-refractivity contribution >= 4 is 29.9 Å². The molecular weight excluding hydrogens is 311 g/mol. The molecule has 6 heteroatoms. The number of amides is 1. The van der Waals surface area contributed by atoms with E-state index in [0.717, 1.165) is 25.0 Å². The van der Waals surface area contributed by atoms with Crippen molar-refractivity contribution in [1.82, 2.24) is 4.90 Å². The molecule has 1 aliphatic rings. The molecule has 1 aromatic carbocycles. The van der Waals surface area contributed by atoms with Crippen LogP contribution in [0.3, 0.4) is 0 Å². The van der Waals surface area contributed by atoms with Crippen LogP contribution in [0.15, 0.2) is 24.3 Å². The van der Waals surface area contributed by atoms with E-state index in [1.165, 1.54) is 0 Å². The maximum Gasteiger partial charge on any atom is 0.225 e. The molecule has 0 aliphatic heterocycles. The molecule has 2 atom stereocenters. The predicted molar refractivity (Wildman–Crippen MR) is 87.1 cm³/mol. The Bertz CT molecular complexity index is 471. The zero-order valence-electron chi connectivity index (χ0n) is 12.1. The highest BCUT2D eigenvalue weighted by Crippen LogP contribution is 2.25. The van der Waals surface area contributed by atoms with E-state index in [0.29, 0.717) is 18.2 Å². The first-order chi connectivity index (χ1) is 9.56. The van der Waals surface area contributed by atoms with Gasteiger partial charge in [-0.25, -0.2) is 0 Å². The Morgan fingerprint density at radius 2 is 2.24 bits per heavy atom. The van der Waals surface area contributed by atoms with E-state index in [1.807, 2.05) is 19.2 Å². The Labute approximate surface area is 137 Å². The first-order valence-electron chi connectivity index (χ1n) is 6.95. The number of hydrogen-bond acceptors (Lipinski definition) is 3. The van der Waals surface area contributed by atoms with Gasteiger partial charge < -0.3 is 15.4 Å². The van der Waals surface area contributed by atoms with Crippen LogP contribution in [-0.4, -0.2) is 37.0 Å². The Kier molecular flexibility index (Phi) is 7.29. The van der Waals surface area contributed by atoms with Gasteiger partial charge in [-0.2, -0.15) is 0 Å². The van der Waals surface area contributed by atoms with Crippen molar-refractivity contribution in [2.75, 3.05) is 20.2 Å². The summed E-state index contributed by atoms with van der Waals surface area (Å²) in [4.78, 5) is 13.9. The smallest absolute Gasteiger partial charge is 0.225 e.